The summed E-state index contributed by atoms with van der Waals surface area (Å²) in [6.07, 6.45) is 12.9. The fourth-order valence-electron chi connectivity index (χ4n) is 3.80. The summed E-state index contributed by atoms with van der Waals surface area (Å²) in [5, 5.41) is 4.06. The minimum atomic E-state index is -0.492. The summed E-state index contributed by atoms with van der Waals surface area (Å²) in [7, 11) is 0. The molecule has 37 heavy (non-hydrogen) atoms. The van der Waals surface area contributed by atoms with Crippen molar-refractivity contribution in [1.29, 1.82) is 0 Å². The van der Waals surface area contributed by atoms with Gasteiger partial charge < -0.3 is 14.2 Å². The number of unbranched alkanes of at least 4 members (excludes halogenated alkanes) is 8. The van der Waals surface area contributed by atoms with Gasteiger partial charge in [0.25, 0.3) is 0 Å². The molecule has 0 radical (unpaired) electrons. The van der Waals surface area contributed by atoms with Gasteiger partial charge in [0, 0.05) is 6.42 Å². The Morgan fingerprint density at radius 2 is 1.43 bits per heavy atom. The van der Waals surface area contributed by atoms with Crippen molar-refractivity contribution in [3.63, 3.8) is 0 Å². The first-order valence-corrected chi connectivity index (χ1v) is 13.6. The zero-order valence-corrected chi connectivity index (χ0v) is 22.6. The van der Waals surface area contributed by atoms with Crippen molar-refractivity contribution in [2.75, 3.05) is 13.2 Å². The molecule has 0 heterocycles. The molecule has 0 saturated carbocycles. The molecular formula is C30H42N2O5. The highest BCUT2D eigenvalue weighted by Crippen LogP contribution is 2.29. The zero-order chi connectivity index (χ0) is 26.7. The fourth-order valence-corrected chi connectivity index (χ4v) is 3.80. The van der Waals surface area contributed by atoms with Crippen LogP contribution in [0.15, 0.2) is 47.6 Å². The van der Waals surface area contributed by atoms with Gasteiger partial charge in [-0.05, 0) is 68.3 Å². The molecule has 0 bridgehead atoms. The van der Waals surface area contributed by atoms with E-state index in [0.29, 0.717) is 48.0 Å². The van der Waals surface area contributed by atoms with Crippen molar-refractivity contribution in [3.05, 3.63) is 53.6 Å². The number of carbonyl (C=O) groups excluding carboxylic acids is 2. The first-order chi connectivity index (χ1) is 18.1. The minimum absolute atomic E-state index is 0.0925. The third kappa shape index (κ3) is 12.0. The number of nitrogens with one attached hydrogen (secondary N) is 1. The molecule has 0 aliphatic rings. The van der Waals surface area contributed by atoms with E-state index in [1.54, 1.807) is 48.7 Å². The molecule has 7 heteroatoms. The molecule has 2 aromatic rings. The second kappa shape index (κ2) is 18.0. The Bertz CT molecular complexity index is 972. The van der Waals surface area contributed by atoms with E-state index < -0.39 is 5.97 Å². The molecule has 202 valence electrons. The van der Waals surface area contributed by atoms with Gasteiger partial charge in [-0.15, -0.1) is 0 Å². The van der Waals surface area contributed by atoms with Crippen molar-refractivity contribution in [2.45, 2.75) is 85.0 Å². The van der Waals surface area contributed by atoms with Gasteiger partial charge in [-0.1, -0.05) is 58.3 Å². The number of benzene rings is 2. The average molecular weight is 511 g/mol. The van der Waals surface area contributed by atoms with Crippen LogP contribution in [0.5, 0.6) is 17.2 Å². The Morgan fingerprint density at radius 1 is 0.784 bits per heavy atom. The summed E-state index contributed by atoms with van der Waals surface area (Å²) in [5.41, 5.74) is 3.71. The summed E-state index contributed by atoms with van der Waals surface area (Å²) in [5.74, 6) is 0.844. The number of carbonyl (C=O) groups is 2. The summed E-state index contributed by atoms with van der Waals surface area (Å²) in [6.45, 7) is 6.95. The maximum Gasteiger partial charge on any atom is 0.343 e. The van der Waals surface area contributed by atoms with Gasteiger partial charge >= 0.3 is 5.97 Å². The van der Waals surface area contributed by atoms with E-state index in [1.807, 2.05) is 13.8 Å². The normalized spacial score (nSPS) is 10.9. The van der Waals surface area contributed by atoms with Crippen LogP contribution < -0.4 is 19.6 Å². The Kier molecular flexibility index (Phi) is 14.5. The molecule has 0 aromatic heterocycles. The topological polar surface area (TPSA) is 86.2 Å². The largest absolute Gasteiger partial charge is 0.494 e. The van der Waals surface area contributed by atoms with Crippen molar-refractivity contribution < 1.29 is 23.8 Å². The van der Waals surface area contributed by atoms with Crippen molar-refractivity contribution in [3.8, 4) is 17.2 Å². The van der Waals surface area contributed by atoms with Crippen LogP contribution in [-0.2, 0) is 4.79 Å². The number of esters is 1. The maximum absolute atomic E-state index is 12.6. The smallest absolute Gasteiger partial charge is 0.343 e. The van der Waals surface area contributed by atoms with Crippen molar-refractivity contribution in [2.24, 2.45) is 5.10 Å². The zero-order valence-electron chi connectivity index (χ0n) is 22.6. The van der Waals surface area contributed by atoms with Gasteiger partial charge in [0.2, 0.25) is 5.91 Å². The number of ether oxygens (including phenoxy) is 3. The first-order valence-electron chi connectivity index (χ1n) is 13.6. The molecule has 0 fully saturated rings. The molecule has 2 aromatic carbocycles. The molecule has 0 unspecified atom stereocenters. The van der Waals surface area contributed by atoms with Gasteiger partial charge in [0.05, 0.1) is 25.0 Å². The van der Waals surface area contributed by atoms with E-state index in [2.05, 4.69) is 17.5 Å². The molecular weight excluding hydrogens is 468 g/mol. The highest BCUT2D eigenvalue weighted by atomic mass is 16.6. The van der Waals surface area contributed by atoms with E-state index >= 15 is 0 Å². The standard InChI is InChI=1S/C30H42N2O5/c1-4-7-8-9-10-11-12-13-14-15-29(33)32-31-23-24-16-21-27(28(22-24)36-6-3)37-30(34)25-17-19-26(20-18-25)35-5-2/h16-23H,4-15H2,1-3H3,(H,32,33)/b31-23+. The molecule has 2 rings (SSSR count). The third-order valence-corrected chi connectivity index (χ3v) is 5.78. The number of amides is 1. The van der Waals surface area contributed by atoms with Crippen LogP contribution in [0.1, 0.15) is 101 Å². The van der Waals surface area contributed by atoms with Crippen LogP contribution >= 0.6 is 0 Å². The monoisotopic (exact) mass is 510 g/mol. The van der Waals surface area contributed by atoms with Crippen LogP contribution in [0.4, 0.5) is 0 Å². The lowest BCUT2D eigenvalue weighted by Crippen LogP contribution is -2.16. The van der Waals surface area contributed by atoms with Crippen molar-refractivity contribution in [1.82, 2.24) is 5.43 Å². The van der Waals surface area contributed by atoms with Gasteiger partial charge in [-0.3, -0.25) is 4.79 Å². The highest BCUT2D eigenvalue weighted by molar-refractivity contribution is 5.91. The lowest BCUT2D eigenvalue weighted by Gasteiger charge is -2.11. The summed E-state index contributed by atoms with van der Waals surface area (Å²) in [6, 6.07) is 11.9. The second-order valence-electron chi connectivity index (χ2n) is 8.86. The van der Waals surface area contributed by atoms with Crippen LogP contribution in [0.3, 0.4) is 0 Å². The quantitative estimate of drug-likeness (QED) is 0.0762. The van der Waals surface area contributed by atoms with E-state index in [0.717, 1.165) is 12.8 Å². The average Bonchev–Trinajstić information content (AvgIpc) is 2.90. The number of hydrogen-bond donors (Lipinski definition) is 1. The van der Waals surface area contributed by atoms with Crippen molar-refractivity contribution >= 4 is 18.1 Å². The predicted octanol–water partition coefficient (Wildman–Crippen LogP) is 7.07. The highest BCUT2D eigenvalue weighted by Gasteiger charge is 2.13. The number of nitrogens with zero attached hydrogens (tertiary/aromatic N) is 1. The summed E-state index contributed by atoms with van der Waals surface area (Å²) in [4.78, 5) is 24.6. The van der Waals surface area contributed by atoms with Crippen LogP contribution in [-0.4, -0.2) is 31.3 Å². The van der Waals surface area contributed by atoms with Crippen LogP contribution in [0.25, 0.3) is 0 Å². The Labute approximate surface area is 221 Å². The Morgan fingerprint density at radius 3 is 2.08 bits per heavy atom. The lowest BCUT2D eigenvalue weighted by atomic mass is 10.1. The first kappa shape index (κ1) is 29.9. The second-order valence-corrected chi connectivity index (χ2v) is 8.86. The number of hydrazone groups is 1. The van der Waals surface area contributed by atoms with E-state index in [-0.39, 0.29) is 5.91 Å². The molecule has 0 saturated heterocycles. The third-order valence-electron chi connectivity index (χ3n) is 5.78. The minimum Gasteiger partial charge on any atom is -0.494 e. The Hall–Kier alpha value is -3.35. The van der Waals surface area contributed by atoms with Crippen LogP contribution in [0.2, 0.25) is 0 Å². The van der Waals surface area contributed by atoms with Gasteiger partial charge in [-0.25, -0.2) is 10.2 Å². The van der Waals surface area contributed by atoms with Crippen LogP contribution in [0, 0.1) is 0 Å². The van der Waals surface area contributed by atoms with E-state index in [4.69, 9.17) is 14.2 Å². The van der Waals surface area contributed by atoms with Gasteiger partial charge in [0.1, 0.15) is 5.75 Å². The number of rotatable bonds is 18. The maximum atomic E-state index is 12.6. The predicted molar refractivity (Wildman–Crippen MR) is 148 cm³/mol. The molecule has 0 spiro atoms. The van der Waals surface area contributed by atoms with Gasteiger partial charge in [-0.2, -0.15) is 5.10 Å². The van der Waals surface area contributed by atoms with E-state index in [9.17, 15) is 9.59 Å². The SMILES string of the molecule is CCCCCCCCCCCC(=O)N/N=C/c1ccc(OC(=O)c2ccc(OCC)cc2)c(OCC)c1. The number of hydrogen-bond acceptors (Lipinski definition) is 6. The Balaban J connectivity index is 1.80. The van der Waals surface area contributed by atoms with E-state index in [1.165, 1.54) is 44.9 Å². The van der Waals surface area contributed by atoms with Gasteiger partial charge in [0.15, 0.2) is 11.5 Å². The molecule has 0 aliphatic carbocycles. The lowest BCUT2D eigenvalue weighted by molar-refractivity contribution is -0.121. The molecule has 7 nitrogen and oxygen atoms in total. The molecule has 1 N–H and O–H groups in total. The molecule has 1 amide bonds. The fraction of sp³-hybridized carbons (Fsp3) is 0.500. The molecule has 0 atom stereocenters. The summed E-state index contributed by atoms with van der Waals surface area (Å²) < 4.78 is 16.6. The summed E-state index contributed by atoms with van der Waals surface area (Å²) >= 11 is 0. The molecule has 0 aliphatic heterocycles.